The Morgan fingerprint density at radius 2 is 1.74 bits per heavy atom. The Labute approximate surface area is 122 Å². The van der Waals surface area contributed by atoms with Crippen LogP contribution >= 0.6 is 23.6 Å². The van der Waals surface area contributed by atoms with Gasteiger partial charge in [0.25, 0.3) is 10.7 Å². The fourth-order valence-corrected chi connectivity index (χ4v) is 3.01. The Morgan fingerprint density at radius 3 is 2.16 bits per heavy atom. The first-order valence-electron chi connectivity index (χ1n) is 6.17. The maximum atomic E-state index is 5.45. The van der Waals surface area contributed by atoms with E-state index in [1.165, 1.54) is 0 Å². The minimum atomic E-state index is -0.0641. The van der Waals surface area contributed by atoms with Crippen LogP contribution in [-0.2, 0) is 10.8 Å². The fraction of sp³-hybridized carbons (Fsp3) is 0.615. The quantitative estimate of drug-likeness (QED) is 0.790. The van der Waals surface area contributed by atoms with Gasteiger partial charge in [0.15, 0.2) is 0 Å². The van der Waals surface area contributed by atoms with Gasteiger partial charge in [0, 0.05) is 10.8 Å². The molecule has 104 valence electrons. The second-order valence-electron chi connectivity index (χ2n) is 6.62. The lowest BCUT2D eigenvalue weighted by molar-refractivity contribution is 0.534. The zero-order valence-corrected chi connectivity index (χ0v) is 13.8. The summed E-state index contributed by atoms with van der Waals surface area (Å²) < 4.78 is 5.45. The van der Waals surface area contributed by atoms with E-state index in [-0.39, 0.29) is 10.8 Å². The molecule has 1 N–H and O–H groups in total. The van der Waals surface area contributed by atoms with Gasteiger partial charge in [0.2, 0.25) is 0 Å². The number of hydrogen-bond donors (Lipinski definition) is 1. The van der Waals surface area contributed by atoms with E-state index in [4.69, 9.17) is 21.6 Å². The summed E-state index contributed by atoms with van der Waals surface area (Å²) in [6, 6.07) is 0. The third-order valence-electron chi connectivity index (χ3n) is 2.61. The topological polar surface area (TPSA) is 54.7 Å². The van der Waals surface area contributed by atoms with Crippen molar-refractivity contribution < 1.29 is 4.42 Å². The van der Waals surface area contributed by atoms with Gasteiger partial charge in [-0.2, -0.15) is 0 Å². The average molecular weight is 297 g/mol. The maximum absolute atomic E-state index is 5.45. The van der Waals surface area contributed by atoms with E-state index < -0.39 is 0 Å². The molecule has 0 unspecified atom stereocenters. The van der Waals surface area contributed by atoms with Crippen LogP contribution in [0.15, 0.2) is 4.42 Å². The molecule has 4 nitrogen and oxygen atoms in total. The molecular formula is C13H19N3OS2. The van der Waals surface area contributed by atoms with Crippen molar-refractivity contribution in [2.24, 2.45) is 0 Å². The molecule has 0 aromatic carbocycles. The molecule has 0 saturated heterocycles. The lowest BCUT2D eigenvalue weighted by Crippen LogP contribution is -2.15. The van der Waals surface area contributed by atoms with E-state index in [9.17, 15) is 0 Å². The van der Waals surface area contributed by atoms with Crippen LogP contribution in [0.3, 0.4) is 0 Å². The number of rotatable bonds is 1. The van der Waals surface area contributed by atoms with Crippen LogP contribution in [0.4, 0.5) is 0 Å². The molecule has 2 aromatic rings. The van der Waals surface area contributed by atoms with E-state index in [2.05, 4.69) is 51.7 Å². The van der Waals surface area contributed by atoms with Crippen molar-refractivity contribution in [1.82, 2.24) is 15.2 Å². The van der Waals surface area contributed by atoms with E-state index in [1.54, 1.807) is 11.3 Å². The summed E-state index contributed by atoms with van der Waals surface area (Å²) in [6.07, 6.45) is 0. The smallest absolute Gasteiger partial charge is 0.284 e. The summed E-state index contributed by atoms with van der Waals surface area (Å²) in [6.45, 7) is 12.9. The summed E-state index contributed by atoms with van der Waals surface area (Å²) >= 11 is 6.58. The van der Waals surface area contributed by atoms with E-state index in [0.717, 1.165) is 15.6 Å². The van der Waals surface area contributed by atoms with E-state index >= 15 is 0 Å². The molecule has 6 heteroatoms. The van der Waals surface area contributed by atoms with Crippen LogP contribution in [0.5, 0.6) is 0 Å². The molecule has 19 heavy (non-hydrogen) atoms. The van der Waals surface area contributed by atoms with Gasteiger partial charge in [-0.05, 0) is 12.2 Å². The molecule has 0 atom stereocenters. The highest BCUT2D eigenvalue weighted by Gasteiger charge is 2.30. The van der Waals surface area contributed by atoms with Crippen LogP contribution in [-0.4, -0.2) is 15.2 Å². The minimum absolute atomic E-state index is 0.00994. The Bertz CT molecular complexity index is 638. The van der Waals surface area contributed by atoms with Crippen molar-refractivity contribution in [3.63, 3.8) is 0 Å². The first-order chi connectivity index (χ1) is 8.59. The van der Waals surface area contributed by atoms with Crippen LogP contribution < -0.4 is 0 Å². The van der Waals surface area contributed by atoms with E-state index in [0.29, 0.717) is 10.7 Å². The molecule has 0 aliphatic carbocycles. The van der Waals surface area contributed by atoms with Gasteiger partial charge in [-0.25, -0.2) is 10.1 Å². The molecule has 2 heterocycles. The molecule has 0 radical (unpaired) electrons. The second kappa shape index (κ2) is 4.52. The highest BCUT2D eigenvalue weighted by Crippen LogP contribution is 2.39. The highest BCUT2D eigenvalue weighted by molar-refractivity contribution is 7.71. The van der Waals surface area contributed by atoms with Gasteiger partial charge in [0.05, 0.1) is 10.7 Å². The first-order valence-corrected chi connectivity index (χ1v) is 7.39. The number of aromatic nitrogens is 3. The predicted octanol–water partition coefficient (Wildman–Crippen LogP) is 4.45. The van der Waals surface area contributed by atoms with Gasteiger partial charge in [-0.3, -0.25) is 0 Å². The number of hydrogen-bond acceptors (Lipinski definition) is 5. The number of thiazole rings is 1. The molecule has 0 bridgehead atoms. The zero-order valence-electron chi connectivity index (χ0n) is 12.1. The van der Waals surface area contributed by atoms with Gasteiger partial charge in [0.1, 0.15) is 4.88 Å². The predicted molar refractivity (Wildman–Crippen MR) is 80.2 cm³/mol. The summed E-state index contributed by atoms with van der Waals surface area (Å²) in [7, 11) is 0. The van der Waals surface area contributed by atoms with Crippen LogP contribution in [0.2, 0.25) is 0 Å². The third-order valence-corrected chi connectivity index (χ3v) is 4.26. The van der Waals surface area contributed by atoms with E-state index in [1.807, 2.05) is 0 Å². The van der Waals surface area contributed by atoms with Gasteiger partial charge >= 0.3 is 0 Å². The molecule has 0 amide bonds. The van der Waals surface area contributed by atoms with Gasteiger partial charge < -0.3 is 4.42 Å². The summed E-state index contributed by atoms with van der Waals surface area (Å²) in [5.74, 6) is 0.530. The van der Waals surface area contributed by atoms with Crippen molar-refractivity contribution in [2.75, 3.05) is 0 Å². The molecule has 0 spiro atoms. The standard InChI is InChI=1S/C13H19N3OS2/c1-12(2,3)8-7(9-15-16-11(18)17-9)19-10(14-8)13(4,5)6/h1-6H3,(H,16,18). The summed E-state index contributed by atoms with van der Waals surface area (Å²) in [5.41, 5.74) is 0.953. The number of nitrogens with zero attached hydrogens (tertiary/aromatic N) is 2. The third kappa shape index (κ3) is 2.95. The van der Waals surface area contributed by atoms with Crippen molar-refractivity contribution in [3.05, 3.63) is 15.5 Å². The molecule has 0 aliphatic heterocycles. The fourth-order valence-electron chi connectivity index (χ4n) is 1.62. The van der Waals surface area contributed by atoms with Crippen molar-refractivity contribution >= 4 is 23.6 Å². The molecule has 0 saturated carbocycles. The van der Waals surface area contributed by atoms with Gasteiger partial charge in [-0.1, -0.05) is 41.5 Å². The molecule has 2 rings (SSSR count). The van der Waals surface area contributed by atoms with Crippen molar-refractivity contribution in [3.8, 4) is 10.8 Å². The van der Waals surface area contributed by atoms with Crippen molar-refractivity contribution in [1.29, 1.82) is 0 Å². The minimum Gasteiger partial charge on any atom is -0.408 e. The number of aromatic amines is 1. The lowest BCUT2D eigenvalue weighted by atomic mass is 9.91. The largest absolute Gasteiger partial charge is 0.408 e. The van der Waals surface area contributed by atoms with Gasteiger partial charge in [-0.15, -0.1) is 16.4 Å². The molecule has 0 aliphatic rings. The Balaban J connectivity index is 2.65. The second-order valence-corrected chi connectivity index (χ2v) is 7.98. The number of nitrogens with one attached hydrogen (secondary N) is 1. The monoisotopic (exact) mass is 297 g/mol. The van der Waals surface area contributed by atoms with Crippen molar-refractivity contribution in [2.45, 2.75) is 52.4 Å². The Kier molecular flexibility index (Phi) is 3.43. The van der Waals surface area contributed by atoms with Crippen LogP contribution in [0, 0.1) is 4.84 Å². The summed E-state index contributed by atoms with van der Waals surface area (Å²) in [5, 5.41) is 7.88. The highest BCUT2D eigenvalue weighted by atomic mass is 32.1. The summed E-state index contributed by atoms with van der Waals surface area (Å²) in [4.78, 5) is 6.06. The zero-order chi connectivity index (χ0) is 14.4. The first kappa shape index (κ1) is 14.4. The van der Waals surface area contributed by atoms with Crippen LogP contribution in [0.25, 0.3) is 10.8 Å². The Hall–Kier alpha value is -1.01. The molecular weight excluding hydrogens is 278 g/mol. The average Bonchev–Trinajstić information content (AvgIpc) is 2.79. The lowest BCUT2D eigenvalue weighted by Gasteiger charge is -2.17. The SMILES string of the molecule is CC(C)(C)c1nc(C(C)(C)C)c(-c2n[nH]c(=S)o2)s1. The molecule has 2 aromatic heterocycles. The maximum Gasteiger partial charge on any atom is 0.284 e. The number of H-pyrrole nitrogens is 1. The molecule has 0 fully saturated rings. The Morgan fingerprint density at radius 1 is 1.11 bits per heavy atom. The normalized spacial score (nSPS) is 12.9. The van der Waals surface area contributed by atoms with Crippen LogP contribution in [0.1, 0.15) is 52.2 Å².